The van der Waals surface area contributed by atoms with Crippen LogP contribution in [0.5, 0.6) is 0 Å². The standard InChI is InChI=1S/C16H20N2O3/c1-11-7-12(2)9-13(8-11)10-18-14(19)16(17-15(18)20)3-5-21-6-4-16/h7-9H,3-6,10H2,1-2H3,(H,17,20). The first kappa shape index (κ1) is 14.1. The summed E-state index contributed by atoms with van der Waals surface area (Å²) in [6.07, 6.45) is 1.11. The second-order valence-electron chi connectivity index (χ2n) is 6.01. The van der Waals surface area contributed by atoms with Crippen molar-refractivity contribution in [2.75, 3.05) is 13.2 Å². The zero-order chi connectivity index (χ0) is 15.0. The molecule has 2 aliphatic heterocycles. The van der Waals surface area contributed by atoms with E-state index >= 15 is 0 Å². The zero-order valence-corrected chi connectivity index (χ0v) is 12.4. The average molecular weight is 288 g/mol. The smallest absolute Gasteiger partial charge is 0.325 e. The Balaban J connectivity index is 1.82. The number of hydrogen-bond donors (Lipinski definition) is 1. The summed E-state index contributed by atoms with van der Waals surface area (Å²) in [5.74, 6) is -0.116. The van der Waals surface area contributed by atoms with Gasteiger partial charge in [-0.05, 0) is 19.4 Å². The summed E-state index contributed by atoms with van der Waals surface area (Å²) >= 11 is 0. The fourth-order valence-corrected chi connectivity index (χ4v) is 3.22. The van der Waals surface area contributed by atoms with Crippen LogP contribution < -0.4 is 5.32 Å². The van der Waals surface area contributed by atoms with E-state index in [2.05, 4.69) is 11.4 Å². The van der Waals surface area contributed by atoms with Crippen molar-refractivity contribution in [3.8, 4) is 0 Å². The first-order valence-electron chi connectivity index (χ1n) is 7.29. The maximum atomic E-state index is 12.7. The van der Waals surface area contributed by atoms with Crippen molar-refractivity contribution in [1.29, 1.82) is 0 Å². The maximum absolute atomic E-state index is 12.7. The lowest BCUT2D eigenvalue weighted by molar-refractivity contribution is -0.134. The normalized spacial score (nSPS) is 21.0. The number of nitrogens with one attached hydrogen (secondary N) is 1. The van der Waals surface area contributed by atoms with Crippen LogP contribution in [-0.2, 0) is 16.1 Å². The van der Waals surface area contributed by atoms with Gasteiger partial charge in [0.2, 0.25) is 0 Å². The van der Waals surface area contributed by atoms with E-state index in [1.165, 1.54) is 4.90 Å². The quantitative estimate of drug-likeness (QED) is 0.846. The Morgan fingerprint density at radius 3 is 2.38 bits per heavy atom. The highest BCUT2D eigenvalue weighted by molar-refractivity contribution is 6.07. The molecule has 5 heteroatoms. The van der Waals surface area contributed by atoms with Crippen LogP contribution in [0.15, 0.2) is 18.2 Å². The molecule has 1 N–H and O–H groups in total. The molecular weight excluding hydrogens is 268 g/mol. The van der Waals surface area contributed by atoms with E-state index in [0.717, 1.165) is 16.7 Å². The number of benzene rings is 1. The highest BCUT2D eigenvalue weighted by Crippen LogP contribution is 2.29. The Morgan fingerprint density at radius 1 is 1.14 bits per heavy atom. The molecule has 1 aromatic rings. The van der Waals surface area contributed by atoms with E-state index in [0.29, 0.717) is 32.6 Å². The third-order valence-electron chi connectivity index (χ3n) is 4.21. The van der Waals surface area contributed by atoms with Crippen LogP contribution in [-0.4, -0.2) is 35.6 Å². The third kappa shape index (κ3) is 2.53. The highest BCUT2D eigenvalue weighted by Gasteiger charge is 2.51. The number of nitrogens with zero attached hydrogens (tertiary/aromatic N) is 1. The van der Waals surface area contributed by atoms with Gasteiger partial charge in [0.1, 0.15) is 5.54 Å². The molecule has 2 heterocycles. The molecule has 2 fully saturated rings. The Labute approximate surface area is 124 Å². The lowest BCUT2D eigenvalue weighted by Gasteiger charge is -2.30. The first-order valence-corrected chi connectivity index (χ1v) is 7.29. The first-order chi connectivity index (χ1) is 10.00. The van der Waals surface area contributed by atoms with E-state index in [9.17, 15) is 9.59 Å². The second kappa shape index (κ2) is 5.15. The highest BCUT2D eigenvalue weighted by atomic mass is 16.5. The predicted octanol–water partition coefficient (Wildman–Crippen LogP) is 1.90. The number of hydrogen-bond acceptors (Lipinski definition) is 3. The van der Waals surface area contributed by atoms with Crippen molar-refractivity contribution in [2.24, 2.45) is 0 Å². The van der Waals surface area contributed by atoms with Crippen LogP contribution in [0.3, 0.4) is 0 Å². The van der Waals surface area contributed by atoms with Crippen LogP contribution in [0.4, 0.5) is 4.79 Å². The summed E-state index contributed by atoms with van der Waals surface area (Å²) in [6.45, 7) is 5.40. The number of amides is 3. The van der Waals surface area contributed by atoms with Crippen LogP contribution in [0.1, 0.15) is 29.5 Å². The van der Waals surface area contributed by atoms with Crippen LogP contribution in [0.25, 0.3) is 0 Å². The van der Waals surface area contributed by atoms with Crippen LogP contribution in [0, 0.1) is 13.8 Å². The number of ether oxygens (including phenoxy) is 1. The fraction of sp³-hybridized carbons (Fsp3) is 0.500. The lowest BCUT2D eigenvalue weighted by Crippen LogP contribution is -2.51. The van der Waals surface area contributed by atoms with E-state index in [4.69, 9.17) is 4.74 Å². The number of carbonyl (C=O) groups is 2. The fourth-order valence-electron chi connectivity index (χ4n) is 3.22. The van der Waals surface area contributed by atoms with Crippen molar-refractivity contribution < 1.29 is 14.3 Å². The minimum Gasteiger partial charge on any atom is -0.381 e. The van der Waals surface area contributed by atoms with Crippen LogP contribution >= 0.6 is 0 Å². The molecule has 0 unspecified atom stereocenters. The molecule has 0 aliphatic carbocycles. The Bertz CT molecular complexity index is 571. The van der Waals surface area contributed by atoms with Gasteiger partial charge in [0.15, 0.2) is 0 Å². The van der Waals surface area contributed by atoms with E-state index in [-0.39, 0.29) is 11.9 Å². The van der Waals surface area contributed by atoms with E-state index in [1.807, 2.05) is 26.0 Å². The monoisotopic (exact) mass is 288 g/mol. The number of rotatable bonds is 2. The molecule has 0 aromatic heterocycles. The molecule has 0 saturated carbocycles. The molecule has 1 aromatic carbocycles. The average Bonchev–Trinajstić information content (AvgIpc) is 2.63. The maximum Gasteiger partial charge on any atom is 0.325 e. The topological polar surface area (TPSA) is 58.6 Å². The molecule has 3 rings (SSSR count). The molecule has 0 atom stereocenters. The van der Waals surface area contributed by atoms with Gasteiger partial charge in [0, 0.05) is 26.1 Å². The number of urea groups is 1. The van der Waals surface area contributed by atoms with Crippen molar-refractivity contribution in [1.82, 2.24) is 10.2 Å². The molecule has 1 spiro atoms. The van der Waals surface area contributed by atoms with Gasteiger partial charge in [-0.15, -0.1) is 0 Å². The van der Waals surface area contributed by atoms with Crippen LogP contribution in [0.2, 0.25) is 0 Å². The largest absolute Gasteiger partial charge is 0.381 e. The number of carbonyl (C=O) groups excluding carboxylic acids is 2. The Morgan fingerprint density at radius 2 is 1.76 bits per heavy atom. The Hall–Kier alpha value is -1.88. The molecular formula is C16H20N2O3. The minimum absolute atomic E-state index is 0.116. The van der Waals surface area contributed by atoms with Gasteiger partial charge in [0.25, 0.3) is 5.91 Å². The Kier molecular flexibility index (Phi) is 3.45. The summed E-state index contributed by atoms with van der Waals surface area (Å²) in [7, 11) is 0. The van der Waals surface area contributed by atoms with E-state index < -0.39 is 5.54 Å². The summed E-state index contributed by atoms with van der Waals surface area (Å²) in [4.78, 5) is 26.2. The summed E-state index contributed by atoms with van der Waals surface area (Å²) in [6, 6.07) is 5.82. The van der Waals surface area contributed by atoms with E-state index in [1.54, 1.807) is 0 Å². The molecule has 2 saturated heterocycles. The van der Waals surface area contributed by atoms with Gasteiger partial charge in [0.05, 0.1) is 6.54 Å². The third-order valence-corrected chi connectivity index (χ3v) is 4.21. The van der Waals surface area contributed by atoms with Gasteiger partial charge >= 0.3 is 6.03 Å². The molecule has 21 heavy (non-hydrogen) atoms. The predicted molar refractivity (Wildman–Crippen MR) is 77.8 cm³/mol. The van der Waals surface area contributed by atoms with Crippen molar-refractivity contribution in [3.63, 3.8) is 0 Å². The molecule has 112 valence electrons. The summed E-state index contributed by atoms with van der Waals surface area (Å²) in [5.41, 5.74) is 2.52. The molecule has 5 nitrogen and oxygen atoms in total. The van der Waals surface area contributed by atoms with Gasteiger partial charge in [-0.2, -0.15) is 0 Å². The van der Waals surface area contributed by atoms with Crippen molar-refractivity contribution >= 4 is 11.9 Å². The zero-order valence-electron chi connectivity index (χ0n) is 12.4. The summed E-state index contributed by atoms with van der Waals surface area (Å²) < 4.78 is 5.30. The number of imide groups is 1. The number of aryl methyl sites for hydroxylation is 2. The molecule has 2 aliphatic rings. The molecule has 3 amide bonds. The van der Waals surface area contributed by atoms with Gasteiger partial charge < -0.3 is 10.1 Å². The second-order valence-corrected chi connectivity index (χ2v) is 6.01. The van der Waals surface area contributed by atoms with Crippen molar-refractivity contribution in [3.05, 3.63) is 34.9 Å². The minimum atomic E-state index is -0.742. The molecule has 0 bridgehead atoms. The van der Waals surface area contributed by atoms with Gasteiger partial charge in [-0.25, -0.2) is 4.79 Å². The van der Waals surface area contributed by atoms with Gasteiger partial charge in [-0.1, -0.05) is 29.3 Å². The van der Waals surface area contributed by atoms with Crippen molar-refractivity contribution in [2.45, 2.75) is 38.8 Å². The lowest BCUT2D eigenvalue weighted by atomic mass is 9.90. The van der Waals surface area contributed by atoms with Gasteiger partial charge in [-0.3, -0.25) is 9.69 Å². The summed E-state index contributed by atoms with van der Waals surface area (Å²) in [5, 5.41) is 2.88. The molecule has 0 radical (unpaired) electrons. The SMILES string of the molecule is Cc1cc(C)cc(CN2C(=O)NC3(CCOCC3)C2=O)c1.